The van der Waals surface area contributed by atoms with Gasteiger partial charge in [0, 0.05) is 16.6 Å². The second-order valence-corrected chi connectivity index (χ2v) is 4.28. The van der Waals surface area contributed by atoms with Crippen LogP contribution in [0.2, 0.25) is 0 Å². The number of hydrogen-bond donors (Lipinski definition) is 0. The fraction of sp³-hybridized carbons (Fsp3) is 0.250. The Morgan fingerprint density at radius 3 is 2.84 bits per heavy atom. The number of benzene rings is 1. The Bertz CT molecular complexity index is 501. The summed E-state index contributed by atoms with van der Waals surface area (Å²) in [6.07, 6.45) is 2.72. The molecule has 19 heavy (non-hydrogen) atoms. The first kappa shape index (κ1) is 15.2. The molecule has 0 unspecified atom stereocenters. The van der Waals surface area contributed by atoms with Gasteiger partial charge in [-0.3, -0.25) is 10.1 Å². The maximum Gasteiger partial charge on any atom is 0.330 e. The highest BCUT2D eigenvalue weighted by atomic mass is 79.9. The van der Waals surface area contributed by atoms with E-state index in [1.807, 2.05) is 0 Å². The maximum absolute atomic E-state index is 11.0. The second-order valence-electron chi connectivity index (χ2n) is 3.37. The summed E-state index contributed by atoms with van der Waals surface area (Å²) in [6.45, 7) is 2.14. The van der Waals surface area contributed by atoms with Gasteiger partial charge in [0.15, 0.2) is 0 Å². The lowest BCUT2D eigenvalue weighted by Crippen LogP contribution is -2.01. The minimum atomic E-state index is -0.508. The molecule has 0 saturated carbocycles. The number of nitrogens with zero attached hydrogens (tertiary/aromatic N) is 1. The third kappa shape index (κ3) is 5.52. The first-order valence-electron chi connectivity index (χ1n) is 5.44. The summed E-state index contributed by atoms with van der Waals surface area (Å²) in [5.41, 5.74) is -0.0706. The molecule has 1 rings (SSSR count). The molecule has 0 aliphatic carbocycles. The Balaban J connectivity index is 2.58. The molecular formula is C12H12BrNO5. The molecule has 6 nitrogen and oxygen atoms in total. The number of halogens is 1. The van der Waals surface area contributed by atoms with Crippen LogP contribution >= 0.6 is 15.9 Å². The zero-order chi connectivity index (χ0) is 14.3. The van der Waals surface area contributed by atoms with Crippen LogP contribution in [0.15, 0.2) is 34.8 Å². The van der Waals surface area contributed by atoms with E-state index in [2.05, 4.69) is 20.7 Å². The number of esters is 1. The molecule has 0 bridgehead atoms. The van der Waals surface area contributed by atoms with Crippen LogP contribution in [0.3, 0.4) is 0 Å². The monoisotopic (exact) mass is 329 g/mol. The quantitative estimate of drug-likeness (QED) is 0.347. The highest BCUT2D eigenvalue weighted by molar-refractivity contribution is 9.10. The van der Waals surface area contributed by atoms with Crippen LogP contribution < -0.4 is 4.74 Å². The molecule has 0 atom stereocenters. The van der Waals surface area contributed by atoms with E-state index in [9.17, 15) is 14.9 Å². The van der Waals surface area contributed by atoms with E-state index in [1.165, 1.54) is 24.3 Å². The molecule has 0 aromatic heterocycles. The number of rotatable bonds is 6. The van der Waals surface area contributed by atoms with Crippen molar-refractivity contribution in [2.75, 3.05) is 13.2 Å². The molecule has 0 heterocycles. The molecule has 0 spiro atoms. The third-order valence-electron chi connectivity index (χ3n) is 1.95. The summed E-state index contributed by atoms with van der Waals surface area (Å²) in [4.78, 5) is 21.1. The SMILES string of the molecule is CCOC(=O)/C=C/COc1cc(Br)cc([N+](=O)[O-])c1. The standard InChI is InChI=1S/C12H12BrNO5/c1-2-18-12(15)4-3-5-19-11-7-9(13)6-10(8-11)14(16)17/h3-4,6-8H,2,5H2,1H3/b4-3+. The van der Waals surface area contributed by atoms with Gasteiger partial charge in [-0.15, -0.1) is 0 Å². The van der Waals surface area contributed by atoms with Gasteiger partial charge in [0.1, 0.15) is 12.4 Å². The van der Waals surface area contributed by atoms with Crippen LogP contribution in [-0.4, -0.2) is 24.1 Å². The van der Waals surface area contributed by atoms with Crippen molar-refractivity contribution in [3.05, 3.63) is 44.9 Å². The normalized spacial score (nSPS) is 10.4. The van der Waals surface area contributed by atoms with Crippen molar-refractivity contribution in [1.82, 2.24) is 0 Å². The molecule has 0 saturated heterocycles. The predicted molar refractivity (Wildman–Crippen MR) is 72.1 cm³/mol. The summed E-state index contributed by atoms with van der Waals surface area (Å²) < 4.78 is 10.5. The smallest absolute Gasteiger partial charge is 0.330 e. The minimum absolute atomic E-state index is 0.0706. The highest BCUT2D eigenvalue weighted by Crippen LogP contribution is 2.26. The zero-order valence-corrected chi connectivity index (χ0v) is 11.8. The van der Waals surface area contributed by atoms with E-state index in [4.69, 9.17) is 4.74 Å². The molecule has 102 valence electrons. The van der Waals surface area contributed by atoms with Crippen molar-refractivity contribution in [2.45, 2.75) is 6.92 Å². The molecule has 0 radical (unpaired) electrons. The lowest BCUT2D eigenvalue weighted by Gasteiger charge is -2.03. The summed E-state index contributed by atoms with van der Waals surface area (Å²) in [5, 5.41) is 10.7. The molecule has 0 N–H and O–H groups in total. The first-order chi connectivity index (χ1) is 9.02. The van der Waals surface area contributed by atoms with Gasteiger partial charge in [-0.25, -0.2) is 4.79 Å². The molecule has 7 heteroatoms. The minimum Gasteiger partial charge on any atom is -0.489 e. The lowest BCUT2D eigenvalue weighted by molar-refractivity contribution is -0.385. The highest BCUT2D eigenvalue weighted by Gasteiger charge is 2.09. The molecule has 0 aliphatic rings. The van der Waals surface area contributed by atoms with Crippen LogP contribution in [0.4, 0.5) is 5.69 Å². The number of ether oxygens (including phenoxy) is 2. The Hall–Kier alpha value is -1.89. The Labute approximate surface area is 118 Å². The topological polar surface area (TPSA) is 78.7 Å². The van der Waals surface area contributed by atoms with E-state index in [-0.39, 0.29) is 12.3 Å². The van der Waals surface area contributed by atoms with Gasteiger partial charge in [-0.1, -0.05) is 15.9 Å². The van der Waals surface area contributed by atoms with E-state index in [0.717, 1.165) is 0 Å². The van der Waals surface area contributed by atoms with Crippen LogP contribution in [0.25, 0.3) is 0 Å². The van der Waals surface area contributed by atoms with Crippen LogP contribution in [0.5, 0.6) is 5.75 Å². The predicted octanol–water partition coefficient (Wildman–Crippen LogP) is 2.86. The largest absolute Gasteiger partial charge is 0.489 e. The Morgan fingerprint density at radius 1 is 1.47 bits per heavy atom. The van der Waals surface area contributed by atoms with Crippen molar-refractivity contribution in [1.29, 1.82) is 0 Å². The van der Waals surface area contributed by atoms with E-state index in [1.54, 1.807) is 13.0 Å². The van der Waals surface area contributed by atoms with Crippen molar-refractivity contribution < 1.29 is 19.2 Å². The Morgan fingerprint density at radius 2 is 2.21 bits per heavy atom. The first-order valence-corrected chi connectivity index (χ1v) is 6.23. The molecule has 0 fully saturated rings. The second kappa shape index (κ2) is 7.52. The third-order valence-corrected chi connectivity index (χ3v) is 2.41. The molecule has 0 aliphatic heterocycles. The van der Waals surface area contributed by atoms with Crippen molar-refractivity contribution >= 4 is 27.6 Å². The molecule has 0 amide bonds. The van der Waals surface area contributed by atoms with Crippen molar-refractivity contribution in [3.63, 3.8) is 0 Å². The fourth-order valence-corrected chi connectivity index (χ4v) is 1.68. The lowest BCUT2D eigenvalue weighted by atomic mass is 10.3. The summed E-state index contributed by atoms with van der Waals surface area (Å²) >= 11 is 3.16. The van der Waals surface area contributed by atoms with Gasteiger partial charge >= 0.3 is 5.97 Å². The van der Waals surface area contributed by atoms with Gasteiger partial charge in [0.25, 0.3) is 5.69 Å². The van der Waals surface area contributed by atoms with E-state index >= 15 is 0 Å². The van der Waals surface area contributed by atoms with Gasteiger partial charge < -0.3 is 9.47 Å². The summed E-state index contributed by atoms with van der Waals surface area (Å²) in [5.74, 6) is -0.110. The average Bonchev–Trinajstić information content (AvgIpc) is 2.34. The van der Waals surface area contributed by atoms with Crippen molar-refractivity contribution in [3.8, 4) is 5.75 Å². The molecular weight excluding hydrogens is 318 g/mol. The number of carbonyl (C=O) groups excluding carboxylic acids is 1. The average molecular weight is 330 g/mol. The van der Waals surface area contributed by atoms with Gasteiger partial charge in [-0.05, 0) is 19.1 Å². The van der Waals surface area contributed by atoms with Gasteiger partial charge in [0.2, 0.25) is 0 Å². The van der Waals surface area contributed by atoms with Gasteiger partial charge in [-0.2, -0.15) is 0 Å². The maximum atomic E-state index is 11.0. The summed E-state index contributed by atoms with van der Waals surface area (Å²) in [6, 6.07) is 4.29. The summed E-state index contributed by atoms with van der Waals surface area (Å²) in [7, 11) is 0. The number of nitro groups is 1. The number of carbonyl (C=O) groups is 1. The van der Waals surface area contributed by atoms with Gasteiger partial charge in [0.05, 0.1) is 17.6 Å². The van der Waals surface area contributed by atoms with Crippen LogP contribution in [-0.2, 0) is 9.53 Å². The van der Waals surface area contributed by atoms with Crippen molar-refractivity contribution in [2.24, 2.45) is 0 Å². The number of hydrogen-bond acceptors (Lipinski definition) is 5. The van der Waals surface area contributed by atoms with E-state index < -0.39 is 10.9 Å². The fourth-order valence-electron chi connectivity index (χ4n) is 1.22. The number of non-ortho nitro benzene ring substituents is 1. The number of nitro benzene ring substituents is 1. The van der Waals surface area contributed by atoms with Crippen LogP contribution in [0, 0.1) is 10.1 Å². The molecule has 1 aromatic carbocycles. The van der Waals surface area contributed by atoms with E-state index in [0.29, 0.717) is 16.8 Å². The molecule has 1 aromatic rings. The van der Waals surface area contributed by atoms with Crippen LogP contribution in [0.1, 0.15) is 6.92 Å². The zero-order valence-electron chi connectivity index (χ0n) is 10.2. The Kier molecular flexibility index (Phi) is 6.01.